The van der Waals surface area contributed by atoms with Gasteiger partial charge in [0, 0.05) is 0 Å². The second kappa shape index (κ2) is 5.61. The minimum absolute atomic E-state index is 0.0891. The molecule has 3 aromatic rings. The normalized spacial score (nSPS) is 17.0. The molecular weight excluding hydrogens is 284 g/mol. The number of carbonyl (C=O) groups excluding carboxylic acids is 1. The Morgan fingerprint density at radius 2 is 1.09 bits per heavy atom. The summed E-state index contributed by atoms with van der Waals surface area (Å²) < 4.78 is 0. The molecule has 112 valence electrons. The SMILES string of the molecule is O=C1C(c2ccccc2)N(c2ccccc2)N1c1ccccc1. The Labute approximate surface area is 135 Å². The molecule has 0 aromatic heterocycles. The Morgan fingerprint density at radius 1 is 0.609 bits per heavy atom. The van der Waals surface area contributed by atoms with E-state index in [-0.39, 0.29) is 11.9 Å². The highest BCUT2D eigenvalue weighted by molar-refractivity contribution is 6.09. The number of para-hydroxylation sites is 2. The minimum Gasteiger partial charge on any atom is -0.270 e. The van der Waals surface area contributed by atoms with Crippen molar-refractivity contribution in [1.29, 1.82) is 0 Å². The molecule has 1 atom stereocenters. The molecule has 1 saturated heterocycles. The topological polar surface area (TPSA) is 23.6 Å². The maximum absolute atomic E-state index is 12.8. The first-order valence-corrected chi connectivity index (χ1v) is 7.64. The Hall–Kier alpha value is -3.07. The van der Waals surface area contributed by atoms with Crippen LogP contribution in [-0.2, 0) is 4.79 Å². The van der Waals surface area contributed by atoms with Crippen molar-refractivity contribution in [3.63, 3.8) is 0 Å². The molecule has 1 fully saturated rings. The van der Waals surface area contributed by atoms with E-state index in [2.05, 4.69) is 0 Å². The van der Waals surface area contributed by atoms with Gasteiger partial charge in [0.25, 0.3) is 5.91 Å². The van der Waals surface area contributed by atoms with Crippen molar-refractivity contribution in [3.05, 3.63) is 96.6 Å². The molecule has 4 rings (SSSR count). The molecule has 3 heteroatoms. The van der Waals surface area contributed by atoms with Gasteiger partial charge in [-0.15, -0.1) is 0 Å². The van der Waals surface area contributed by atoms with Crippen LogP contribution in [0.2, 0.25) is 0 Å². The van der Waals surface area contributed by atoms with Gasteiger partial charge < -0.3 is 0 Å². The zero-order valence-corrected chi connectivity index (χ0v) is 12.5. The van der Waals surface area contributed by atoms with Gasteiger partial charge in [-0.2, -0.15) is 0 Å². The molecule has 3 aromatic carbocycles. The number of rotatable bonds is 3. The van der Waals surface area contributed by atoms with Crippen LogP contribution in [0.4, 0.5) is 11.4 Å². The number of benzene rings is 3. The van der Waals surface area contributed by atoms with Crippen LogP contribution in [0, 0.1) is 0 Å². The summed E-state index contributed by atoms with van der Waals surface area (Å²) >= 11 is 0. The molecule has 0 N–H and O–H groups in total. The van der Waals surface area contributed by atoms with E-state index in [1.54, 1.807) is 5.01 Å². The summed E-state index contributed by atoms with van der Waals surface area (Å²) in [6, 6.07) is 29.4. The first-order chi connectivity index (χ1) is 11.4. The molecule has 1 aliphatic rings. The highest BCUT2D eigenvalue weighted by Crippen LogP contribution is 2.41. The Bertz CT molecular complexity index is 753. The summed E-state index contributed by atoms with van der Waals surface area (Å²) in [5.74, 6) is 0.0891. The monoisotopic (exact) mass is 300 g/mol. The predicted molar refractivity (Wildman–Crippen MR) is 92.0 cm³/mol. The van der Waals surface area contributed by atoms with Crippen molar-refractivity contribution in [2.75, 3.05) is 10.0 Å². The number of hydrogen-bond acceptors (Lipinski definition) is 2. The zero-order chi connectivity index (χ0) is 15.6. The quantitative estimate of drug-likeness (QED) is 0.724. The lowest BCUT2D eigenvalue weighted by molar-refractivity contribution is -0.124. The Morgan fingerprint density at radius 3 is 1.65 bits per heavy atom. The summed E-state index contributed by atoms with van der Waals surface area (Å²) in [7, 11) is 0. The number of amides is 1. The van der Waals surface area contributed by atoms with Gasteiger partial charge in [-0.1, -0.05) is 66.7 Å². The number of hydrazine groups is 1. The molecule has 3 nitrogen and oxygen atoms in total. The van der Waals surface area contributed by atoms with Crippen molar-refractivity contribution in [2.24, 2.45) is 0 Å². The molecule has 1 heterocycles. The number of anilines is 2. The van der Waals surface area contributed by atoms with E-state index >= 15 is 0 Å². The Kier molecular flexibility index (Phi) is 3.31. The van der Waals surface area contributed by atoms with Gasteiger partial charge in [0.05, 0.1) is 11.4 Å². The summed E-state index contributed by atoms with van der Waals surface area (Å²) in [5, 5.41) is 3.79. The van der Waals surface area contributed by atoms with Crippen molar-refractivity contribution < 1.29 is 4.79 Å². The maximum atomic E-state index is 12.8. The van der Waals surface area contributed by atoms with E-state index in [4.69, 9.17) is 0 Å². The van der Waals surface area contributed by atoms with E-state index in [9.17, 15) is 4.79 Å². The lowest BCUT2D eigenvalue weighted by Crippen LogP contribution is -2.64. The predicted octanol–water partition coefficient (Wildman–Crippen LogP) is 4.20. The van der Waals surface area contributed by atoms with Gasteiger partial charge in [0.2, 0.25) is 0 Å². The molecule has 0 radical (unpaired) electrons. The first kappa shape index (κ1) is 13.6. The molecular formula is C20H16N2O. The second-order valence-electron chi connectivity index (χ2n) is 5.48. The lowest BCUT2D eigenvalue weighted by Gasteiger charge is -2.51. The smallest absolute Gasteiger partial charge is 0.270 e. The molecule has 1 aliphatic heterocycles. The third-order valence-corrected chi connectivity index (χ3v) is 4.04. The molecule has 0 spiro atoms. The standard InChI is InChI=1S/C20H16N2O/c23-20-19(16-10-4-1-5-11-16)21(17-12-6-2-7-13-17)22(20)18-14-8-3-9-15-18/h1-15,19H. The highest BCUT2D eigenvalue weighted by Gasteiger charge is 2.47. The second-order valence-corrected chi connectivity index (χ2v) is 5.48. The number of hydrogen-bond donors (Lipinski definition) is 0. The molecule has 1 amide bonds. The largest absolute Gasteiger partial charge is 0.275 e. The third kappa shape index (κ3) is 2.27. The lowest BCUT2D eigenvalue weighted by atomic mass is 10.00. The van der Waals surface area contributed by atoms with E-state index in [0.717, 1.165) is 16.9 Å². The fraction of sp³-hybridized carbons (Fsp3) is 0.0500. The molecule has 23 heavy (non-hydrogen) atoms. The molecule has 0 bridgehead atoms. The van der Waals surface area contributed by atoms with Gasteiger partial charge in [0.1, 0.15) is 0 Å². The average molecular weight is 300 g/mol. The average Bonchev–Trinajstić information content (AvgIpc) is 2.62. The first-order valence-electron chi connectivity index (χ1n) is 7.64. The van der Waals surface area contributed by atoms with Crippen LogP contribution in [0.15, 0.2) is 91.0 Å². The van der Waals surface area contributed by atoms with Gasteiger partial charge in [-0.25, -0.2) is 5.01 Å². The van der Waals surface area contributed by atoms with Gasteiger partial charge in [-0.3, -0.25) is 9.80 Å². The van der Waals surface area contributed by atoms with Gasteiger partial charge >= 0.3 is 0 Å². The summed E-state index contributed by atoms with van der Waals surface area (Å²) in [5.41, 5.74) is 2.90. The molecule has 1 unspecified atom stereocenters. The van der Waals surface area contributed by atoms with Crippen LogP contribution in [0.3, 0.4) is 0 Å². The van der Waals surface area contributed by atoms with E-state index in [1.807, 2.05) is 96.0 Å². The highest BCUT2D eigenvalue weighted by atomic mass is 16.2. The summed E-state index contributed by atoms with van der Waals surface area (Å²) in [4.78, 5) is 12.8. The van der Waals surface area contributed by atoms with E-state index < -0.39 is 0 Å². The van der Waals surface area contributed by atoms with Crippen LogP contribution in [0.5, 0.6) is 0 Å². The van der Waals surface area contributed by atoms with E-state index in [1.165, 1.54) is 0 Å². The number of nitrogens with zero attached hydrogens (tertiary/aromatic N) is 2. The third-order valence-electron chi connectivity index (χ3n) is 4.04. The van der Waals surface area contributed by atoms with Crippen LogP contribution in [0.1, 0.15) is 11.6 Å². The van der Waals surface area contributed by atoms with Gasteiger partial charge in [0.15, 0.2) is 6.04 Å². The fourth-order valence-electron chi connectivity index (χ4n) is 2.97. The van der Waals surface area contributed by atoms with Crippen molar-refractivity contribution in [2.45, 2.75) is 6.04 Å². The number of carbonyl (C=O) groups is 1. The van der Waals surface area contributed by atoms with Crippen LogP contribution < -0.4 is 10.0 Å². The molecule has 0 saturated carbocycles. The minimum atomic E-state index is -0.279. The fourth-order valence-corrected chi connectivity index (χ4v) is 2.97. The maximum Gasteiger partial charge on any atom is 0.275 e. The van der Waals surface area contributed by atoms with Crippen LogP contribution in [-0.4, -0.2) is 5.91 Å². The van der Waals surface area contributed by atoms with E-state index in [0.29, 0.717) is 0 Å². The zero-order valence-electron chi connectivity index (χ0n) is 12.5. The van der Waals surface area contributed by atoms with Crippen molar-refractivity contribution >= 4 is 17.3 Å². The molecule has 0 aliphatic carbocycles. The Balaban J connectivity index is 1.78. The summed E-state index contributed by atoms with van der Waals surface area (Å²) in [6.07, 6.45) is 0. The van der Waals surface area contributed by atoms with Crippen LogP contribution in [0.25, 0.3) is 0 Å². The van der Waals surface area contributed by atoms with Crippen molar-refractivity contribution in [1.82, 2.24) is 0 Å². The van der Waals surface area contributed by atoms with Crippen molar-refractivity contribution in [3.8, 4) is 0 Å². The van der Waals surface area contributed by atoms with Crippen LogP contribution >= 0.6 is 0 Å². The van der Waals surface area contributed by atoms with Gasteiger partial charge in [-0.05, 0) is 29.8 Å². The summed E-state index contributed by atoms with van der Waals surface area (Å²) in [6.45, 7) is 0.